The molecule has 1 aliphatic heterocycles. The van der Waals surface area contributed by atoms with Crippen LogP contribution in [-0.2, 0) is 11.3 Å². The first-order valence-corrected chi connectivity index (χ1v) is 16.4. The van der Waals surface area contributed by atoms with E-state index in [2.05, 4.69) is 12.0 Å². The molecule has 0 saturated carbocycles. The highest BCUT2D eigenvalue weighted by Gasteiger charge is 2.27. The number of ether oxygens (including phenoxy) is 3. The monoisotopic (exact) mass is 632 g/mol. The molecule has 1 aliphatic rings. The highest BCUT2D eigenvalue weighted by molar-refractivity contribution is 7.22. The zero-order valence-corrected chi connectivity index (χ0v) is 26.2. The van der Waals surface area contributed by atoms with E-state index in [-0.39, 0.29) is 11.9 Å². The van der Waals surface area contributed by atoms with Crippen molar-refractivity contribution in [2.24, 2.45) is 0 Å². The summed E-state index contributed by atoms with van der Waals surface area (Å²) in [4.78, 5) is 30.2. The van der Waals surface area contributed by atoms with Gasteiger partial charge in [0.1, 0.15) is 38.8 Å². The minimum Gasteiger partial charge on any atom is -0.497 e. The zero-order chi connectivity index (χ0) is 29.5. The van der Waals surface area contributed by atoms with Crippen LogP contribution in [0.1, 0.15) is 34.4 Å². The molecule has 0 unspecified atom stereocenters. The number of fused-ring (bicyclic) bond motifs is 2. The molecule has 0 aliphatic carbocycles. The van der Waals surface area contributed by atoms with E-state index in [0.717, 1.165) is 53.6 Å². The molecule has 1 fully saturated rings. The van der Waals surface area contributed by atoms with E-state index < -0.39 is 0 Å². The van der Waals surface area contributed by atoms with Gasteiger partial charge in [-0.15, -0.1) is 22.7 Å². The number of rotatable bonds is 8. The molecule has 0 spiro atoms. The number of thiazole rings is 2. The number of aryl methyl sites for hydroxylation is 1. The lowest BCUT2D eigenvalue weighted by atomic mass is 10.1. The first-order chi connectivity index (χ1) is 21.0. The SMILES string of the molecule is CC[C@H]1COCCN1C(=O)c1ccc(-c2nc(COc3cc(OC)cc4nc(-c5cn6nc(C)sc6n5)sc34)cs2)cc1. The number of morpholine rings is 1. The highest BCUT2D eigenvalue weighted by atomic mass is 32.1. The van der Waals surface area contributed by atoms with E-state index in [1.807, 2.05) is 59.8 Å². The van der Waals surface area contributed by atoms with Crippen molar-refractivity contribution in [2.75, 3.05) is 26.9 Å². The standard InChI is InChI=1S/C30H28N6O4S3/c1-4-21-15-39-10-9-35(21)29(37)19-7-5-18(6-8-19)27-31-20(16-41-27)14-40-25-12-22(38-3)11-23-26(25)43-28(32-23)24-13-36-30(33-24)42-17(2)34-36/h5-8,11-13,16,21H,4,9-10,14-15H2,1-3H3/t21-/m0/s1. The molecule has 1 amide bonds. The van der Waals surface area contributed by atoms with Gasteiger partial charge < -0.3 is 19.1 Å². The van der Waals surface area contributed by atoms with Crippen LogP contribution in [0.15, 0.2) is 48.0 Å². The van der Waals surface area contributed by atoms with Crippen molar-refractivity contribution in [1.29, 1.82) is 0 Å². The van der Waals surface area contributed by atoms with Crippen molar-refractivity contribution in [3.05, 3.63) is 64.2 Å². The number of imidazole rings is 1. The quantitative estimate of drug-likeness (QED) is 0.192. The van der Waals surface area contributed by atoms with Crippen LogP contribution in [0.25, 0.3) is 36.5 Å². The summed E-state index contributed by atoms with van der Waals surface area (Å²) in [5.41, 5.74) is 4.01. The number of methoxy groups -OCH3 is 1. The number of carbonyl (C=O) groups is 1. The zero-order valence-electron chi connectivity index (χ0n) is 23.8. The third kappa shape index (κ3) is 5.49. The molecule has 13 heteroatoms. The van der Waals surface area contributed by atoms with Crippen LogP contribution in [0.5, 0.6) is 11.5 Å². The molecule has 43 heavy (non-hydrogen) atoms. The molecule has 4 aromatic heterocycles. The molecule has 10 nitrogen and oxygen atoms in total. The molecule has 0 bridgehead atoms. The second kappa shape index (κ2) is 11.6. The fourth-order valence-electron chi connectivity index (χ4n) is 5.05. The van der Waals surface area contributed by atoms with Crippen molar-refractivity contribution < 1.29 is 19.0 Å². The fourth-order valence-corrected chi connectivity index (χ4v) is 7.56. The minimum atomic E-state index is 0.0465. The molecule has 1 saturated heterocycles. The first kappa shape index (κ1) is 27.9. The molecule has 5 heterocycles. The molecular weight excluding hydrogens is 605 g/mol. The van der Waals surface area contributed by atoms with Gasteiger partial charge in [0.05, 0.1) is 48.5 Å². The van der Waals surface area contributed by atoms with Gasteiger partial charge in [-0.25, -0.2) is 19.5 Å². The van der Waals surface area contributed by atoms with Gasteiger partial charge in [-0.2, -0.15) is 5.10 Å². The van der Waals surface area contributed by atoms with E-state index in [1.165, 1.54) is 11.3 Å². The lowest BCUT2D eigenvalue weighted by molar-refractivity contribution is -0.00279. The Labute approximate surface area is 259 Å². The number of hydrogen-bond donors (Lipinski definition) is 0. The van der Waals surface area contributed by atoms with Gasteiger partial charge in [-0.3, -0.25) is 4.79 Å². The molecule has 0 radical (unpaired) electrons. The van der Waals surface area contributed by atoms with E-state index in [0.29, 0.717) is 43.4 Å². The van der Waals surface area contributed by atoms with Crippen LogP contribution >= 0.6 is 34.0 Å². The van der Waals surface area contributed by atoms with E-state index >= 15 is 0 Å². The van der Waals surface area contributed by atoms with Gasteiger partial charge in [0.15, 0.2) is 0 Å². The van der Waals surface area contributed by atoms with Crippen molar-refractivity contribution in [1.82, 2.24) is 29.5 Å². The Bertz CT molecular complexity index is 1890. The van der Waals surface area contributed by atoms with E-state index in [1.54, 1.807) is 34.3 Å². The summed E-state index contributed by atoms with van der Waals surface area (Å²) in [6.45, 7) is 6.13. The Morgan fingerprint density at radius 3 is 2.77 bits per heavy atom. The largest absolute Gasteiger partial charge is 0.497 e. The predicted octanol–water partition coefficient (Wildman–Crippen LogP) is 6.34. The normalized spacial score (nSPS) is 15.4. The van der Waals surface area contributed by atoms with Crippen LogP contribution in [0.4, 0.5) is 0 Å². The maximum absolute atomic E-state index is 13.1. The maximum atomic E-state index is 13.1. The first-order valence-electron chi connectivity index (χ1n) is 13.9. The molecular formula is C30H28N6O4S3. The van der Waals surface area contributed by atoms with Gasteiger partial charge in [-0.05, 0) is 25.5 Å². The van der Waals surface area contributed by atoms with Crippen molar-refractivity contribution in [2.45, 2.75) is 32.9 Å². The van der Waals surface area contributed by atoms with E-state index in [9.17, 15) is 4.79 Å². The fraction of sp³-hybridized carbons (Fsp3) is 0.300. The minimum absolute atomic E-state index is 0.0465. The lowest BCUT2D eigenvalue weighted by Crippen LogP contribution is -2.48. The van der Waals surface area contributed by atoms with Crippen LogP contribution in [-0.4, -0.2) is 68.3 Å². The number of nitrogens with zero attached hydrogens (tertiary/aromatic N) is 6. The van der Waals surface area contributed by atoms with Crippen LogP contribution in [0, 0.1) is 6.92 Å². The van der Waals surface area contributed by atoms with Gasteiger partial charge >= 0.3 is 0 Å². The number of hydrogen-bond acceptors (Lipinski definition) is 11. The third-order valence-corrected chi connectivity index (χ3v) is 10.2. The Morgan fingerprint density at radius 1 is 1.12 bits per heavy atom. The summed E-state index contributed by atoms with van der Waals surface area (Å²) in [5.74, 6) is 1.39. The Balaban J connectivity index is 1.07. The summed E-state index contributed by atoms with van der Waals surface area (Å²) in [6.07, 6.45) is 2.78. The smallest absolute Gasteiger partial charge is 0.254 e. The summed E-state index contributed by atoms with van der Waals surface area (Å²) in [6, 6.07) is 11.6. The highest BCUT2D eigenvalue weighted by Crippen LogP contribution is 2.39. The average Bonchev–Trinajstić information content (AvgIpc) is 3.82. The van der Waals surface area contributed by atoms with Crippen molar-refractivity contribution in [3.8, 4) is 32.8 Å². The number of aromatic nitrogens is 5. The molecule has 0 N–H and O–H groups in total. The van der Waals surface area contributed by atoms with Crippen LogP contribution in [0.2, 0.25) is 0 Å². The number of benzene rings is 2. The van der Waals surface area contributed by atoms with Gasteiger partial charge in [0.25, 0.3) is 5.91 Å². The second-order valence-corrected chi connectivity index (χ2v) is 13.1. The van der Waals surface area contributed by atoms with Crippen molar-refractivity contribution in [3.63, 3.8) is 0 Å². The molecule has 1 atom stereocenters. The van der Waals surface area contributed by atoms with Gasteiger partial charge in [-0.1, -0.05) is 30.4 Å². The summed E-state index contributed by atoms with van der Waals surface area (Å²) < 4.78 is 20.1. The lowest BCUT2D eigenvalue weighted by Gasteiger charge is -2.35. The molecule has 6 aromatic rings. The van der Waals surface area contributed by atoms with Crippen LogP contribution < -0.4 is 9.47 Å². The molecule has 220 valence electrons. The third-order valence-electron chi connectivity index (χ3n) is 7.29. The van der Waals surface area contributed by atoms with Crippen molar-refractivity contribution >= 4 is 55.1 Å². The summed E-state index contributed by atoms with van der Waals surface area (Å²) in [7, 11) is 1.63. The average molecular weight is 633 g/mol. The van der Waals surface area contributed by atoms with Crippen LogP contribution in [0.3, 0.4) is 0 Å². The van der Waals surface area contributed by atoms with Gasteiger partial charge in [0.2, 0.25) is 4.96 Å². The number of amides is 1. The predicted molar refractivity (Wildman–Crippen MR) is 169 cm³/mol. The second-order valence-electron chi connectivity index (χ2n) is 10.1. The van der Waals surface area contributed by atoms with E-state index in [4.69, 9.17) is 29.2 Å². The molecule has 7 rings (SSSR count). The van der Waals surface area contributed by atoms with Gasteiger partial charge in [0, 0.05) is 35.2 Å². The molecule has 2 aromatic carbocycles. The Kier molecular flexibility index (Phi) is 7.55. The summed E-state index contributed by atoms with van der Waals surface area (Å²) >= 11 is 4.62. The Hall–Kier alpha value is -3.91. The Morgan fingerprint density at radius 2 is 1.98 bits per heavy atom. The number of carbonyl (C=O) groups excluding carboxylic acids is 1. The summed E-state index contributed by atoms with van der Waals surface area (Å²) in [5, 5.41) is 9.08. The maximum Gasteiger partial charge on any atom is 0.254 e. The topological polar surface area (TPSA) is 104 Å².